The summed E-state index contributed by atoms with van der Waals surface area (Å²) < 4.78 is 2.87. The van der Waals surface area contributed by atoms with Crippen molar-refractivity contribution < 1.29 is 0 Å². The van der Waals surface area contributed by atoms with E-state index in [1.54, 1.807) is 0 Å². The molecular formula is C9H12BrClMg. The van der Waals surface area contributed by atoms with Crippen molar-refractivity contribution in [2.24, 2.45) is 0 Å². The maximum atomic E-state index is 5.85. The van der Waals surface area contributed by atoms with E-state index >= 15 is 0 Å². The molecule has 0 nitrogen and oxygen atoms in total. The van der Waals surface area contributed by atoms with Crippen molar-refractivity contribution in [3.8, 4) is 0 Å². The van der Waals surface area contributed by atoms with Gasteiger partial charge in [-0.1, -0.05) is 43.1 Å². The first-order chi connectivity index (χ1) is 5.33. The van der Waals surface area contributed by atoms with Crippen LogP contribution in [0.4, 0.5) is 0 Å². The topological polar surface area (TPSA) is 0 Å². The Labute approximate surface area is 99.2 Å². The van der Waals surface area contributed by atoms with Gasteiger partial charge in [-0.25, -0.2) is 0 Å². The standard InChI is InChI=1S/C6H4Cl.C3H7.BrH.Mg/c7-6-4-2-1-3-5-6;1-3-2;;/h1-2,4-5H;1,3H2,2H3;1H;. The second-order valence-electron chi connectivity index (χ2n) is 2.73. The zero-order valence-electron chi connectivity index (χ0n) is 7.22. The summed E-state index contributed by atoms with van der Waals surface area (Å²) in [5.41, 5.74) is 0. The molecular weight excluding hydrogens is 248 g/mol. The SMILES string of the molecule is Br.CC[CH2][Mg][c]1cccc(Cl)c1. The van der Waals surface area contributed by atoms with Gasteiger partial charge in [-0.3, -0.25) is 0 Å². The van der Waals surface area contributed by atoms with E-state index in [1.165, 1.54) is 14.7 Å². The smallest absolute Gasteiger partial charge is 0.172 e. The lowest BCUT2D eigenvalue weighted by molar-refractivity contribution is 1.08. The van der Waals surface area contributed by atoms with Gasteiger partial charge in [0.1, 0.15) is 0 Å². The molecule has 0 amide bonds. The normalized spacial score (nSPS) is 8.50. The van der Waals surface area contributed by atoms with Gasteiger partial charge in [-0.05, 0) is 6.07 Å². The fraction of sp³-hybridized carbons (Fsp3) is 0.333. The van der Waals surface area contributed by atoms with E-state index in [1.807, 2.05) is 12.1 Å². The van der Waals surface area contributed by atoms with Crippen LogP contribution < -0.4 is 3.69 Å². The number of hydrogen-bond acceptors (Lipinski definition) is 0. The number of halogens is 2. The summed E-state index contributed by atoms with van der Waals surface area (Å²) in [6.45, 7) is 2.23. The van der Waals surface area contributed by atoms with Crippen molar-refractivity contribution in [3.63, 3.8) is 0 Å². The Kier molecular flexibility index (Phi) is 7.64. The van der Waals surface area contributed by atoms with Gasteiger partial charge in [0.2, 0.25) is 0 Å². The summed E-state index contributed by atoms with van der Waals surface area (Å²) in [7, 11) is 0. The first-order valence-electron chi connectivity index (χ1n) is 4.07. The highest BCUT2D eigenvalue weighted by molar-refractivity contribution is 8.93. The molecule has 3 heteroatoms. The quantitative estimate of drug-likeness (QED) is 0.732. The van der Waals surface area contributed by atoms with E-state index in [4.69, 9.17) is 11.6 Å². The Morgan fingerprint density at radius 3 is 2.75 bits per heavy atom. The Balaban J connectivity index is 0.00000121. The second-order valence-corrected chi connectivity index (χ2v) is 5.19. The molecule has 0 heterocycles. The molecule has 0 unspecified atom stereocenters. The van der Waals surface area contributed by atoms with Gasteiger partial charge in [-0.15, -0.1) is 21.5 Å². The van der Waals surface area contributed by atoms with Gasteiger partial charge in [0.15, 0.2) is 0 Å². The van der Waals surface area contributed by atoms with E-state index in [0.29, 0.717) is 0 Å². The molecule has 0 saturated carbocycles. The van der Waals surface area contributed by atoms with Crippen LogP contribution in [0.1, 0.15) is 13.3 Å². The van der Waals surface area contributed by atoms with E-state index in [0.717, 1.165) is 5.02 Å². The van der Waals surface area contributed by atoms with Crippen LogP contribution in [0.25, 0.3) is 0 Å². The van der Waals surface area contributed by atoms with Crippen LogP contribution in [0.2, 0.25) is 9.57 Å². The number of hydrogen-bond donors (Lipinski definition) is 0. The highest BCUT2D eigenvalue weighted by atomic mass is 79.9. The molecule has 0 radical (unpaired) electrons. The average Bonchev–Trinajstić information content (AvgIpc) is 2.01. The van der Waals surface area contributed by atoms with Gasteiger partial charge < -0.3 is 0 Å². The van der Waals surface area contributed by atoms with Crippen LogP contribution in [0, 0.1) is 0 Å². The summed E-state index contributed by atoms with van der Waals surface area (Å²) in [4.78, 5) is 0. The molecule has 0 fully saturated rings. The Morgan fingerprint density at radius 1 is 1.42 bits per heavy atom. The third kappa shape index (κ3) is 4.70. The zero-order valence-corrected chi connectivity index (χ0v) is 11.1. The van der Waals surface area contributed by atoms with Crippen molar-refractivity contribution in [2.45, 2.75) is 17.9 Å². The van der Waals surface area contributed by atoms with Crippen molar-refractivity contribution in [3.05, 3.63) is 29.3 Å². The number of rotatable bonds is 3. The molecule has 64 valence electrons. The third-order valence-corrected chi connectivity index (χ3v) is 4.02. The molecule has 0 saturated heterocycles. The summed E-state index contributed by atoms with van der Waals surface area (Å²) >= 11 is 5.83. The minimum absolute atomic E-state index is 0. The predicted molar refractivity (Wildman–Crippen MR) is 62.3 cm³/mol. The Morgan fingerprint density at radius 2 is 2.17 bits per heavy atom. The number of benzene rings is 1. The fourth-order valence-electron chi connectivity index (χ4n) is 1.07. The van der Waals surface area contributed by atoms with Crippen LogP contribution in [-0.4, -0.2) is 20.4 Å². The summed E-state index contributed by atoms with van der Waals surface area (Å²) in [5.74, 6) is 0. The molecule has 0 aromatic heterocycles. The minimum atomic E-state index is -0.0173. The first kappa shape index (κ1) is 12.8. The monoisotopic (exact) mass is 258 g/mol. The van der Waals surface area contributed by atoms with E-state index < -0.39 is 0 Å². The van der Waals surface area contributed by atoms with Crippen LogP contribution in [0.15, 0.2) is 24.3 Å². The lowest BCUT2D eigenvalue weighted by Crippen LogP contribution is -2.12. The highest BCUT2D eigenvalue weighted by Crippen LogP contribution is 2.03. The van der Waals surface area contributed by atoms with Gasteiger partial charge in [0.05, 0.1) is 0 Å². The Hall–Kier alpha value is 0.756. The lowest BCUT2D eigenvalue weighted by Gasteiger charge is -1.97. The molecule has 0 atom stereocenters. The first-order valence-corrected chi connectivity index (χ1v) is 6.16. The van der Waals surface area contributed by atoms with Crippen LogP contribution in [0.5, 0.6) is 0 Å². The lowest BCUT2D eigenvalue weighted by atomic mass is 10.4. The predicted octanol–water partition coefficient (Wildman–Crippen LogP) is 3.08. The highest BCUT2D eigenvalue weighted by Gasteiger charge is 1.97. The van der Waals surface area contributed by atoms with Gasteiger partial charge in [0.25, 0.3) is 0 Å². The van der Waals surface area contributed by atoms with Crippen molar-refractivity contribution in [2.75, 3.05) is 0 Å². The third-order valence-electron chi connectivity index (χ3n) is 1.71. The summed E-state index contributed by atoms with van der Waals surface area (Å²) in [6, 6.07) is 8.27. The zero-order chi connectivity index (χ0) is 8.10. The molecule has 0 aliphatic carbocycles. The van der Waals surface area contributed by atoms with Crippen molar-refractivity contribution in [1.29, 1.82) is 0 Å². The van der Waals surface area contributed by atoms with Crippen LogP contribution >= 0.6 is 28.6 Å². The average molecular weight is 260 g/mol. The maximum absolute atomic E-state index is 5.85. The largest absolute Gasteiger partial charge is 0.408 e. The van der Waals surface area contributed by atoms with E-state index in [2.05, 4.69) is 19.1 Å². The van der Waals surface area contributed by atoms with Gasteiger partial charge in [-0.2, -0.15) is 3.69 Å². The summed E-state index contributed by atoms with van der Waals surface area (Å²) in [5, 5.41) is 0.881. The summed E-state index contributed by atoms with van der Waals surface area (Å²) in [6.07, 6.45) is 1.30. The maximum Gasteiger partial charge on any atom is 0.408 e. The van der Waals surface area contributed by atoms with Crippen molar-refractivity contribution in [1.82, 2.24) is 0 Å². The van der Waals surface area contributed by atoms with Gasteiger partial charge >= 0.3 is 20.4 Å². The Bertz CT molecular complexity index is 228. The molecule has 1 rings (SSSR count). The van der Waals surface area contributed by atoms with E-state index in [9.17, 15) is 0 Å². The van der Waals surface area contributed by atoms with Gasteiger partial charge in [0, 0.05) is 5.02 Å². The molecule has 0 spiro atoms. The molecule has 12 heavy (non-hydrogen) atoms. The molecule has 1 aromatic carbocycles. The fourth-order valence-corrected chi connectivity index (χ4v) is 2.84. The molecule has 0 N–H and O–H groups in total. The minimum Gasteiger partial charge on any atom is -0.172 e. The van der Waals surface area contributed by atoms with Crippen LogP contribution in [0.3, 0.4) is 0 Å². The molecule has 0 aliphatic heterocycles. The van der Waals surface area contributed by atoms with Crippen LogP contribution in [-0.2, 0) is 0 Å². The second kappa shape index (κ2) is 7.19. The molecule has 0 aliphatic rings. The van der Waals surface area contributed by atoms with E-state index in [-0.39, 0.29) is 37.3 Å². The van der Waals surface area contributed by atoms with Crippen molar-refractivity contribution >= 4 is 52.6 Å². The molecule has 1 aromatic rings. The molecule has 0 bridgehead atoms.